The molecule has 0 spiro atoms. The number of hydrogen-bond donors (Lipinski definition) is 6. The van der Waals surface area contributed by atoms with Crippen molar-refractivity contribution in [2.75, 3.05) is 26.0 Å². The van der Waals surface area contributed by atoms with Gasteiger partial charge in [0, 0.05) is 42.6 Å². The molecule has 8 N–H and O–H groups in total. The van der Waals surface area contributed by atoms with Gasteiger partial charge in [-0.1, -0.05) is 39.7 Å². The fraction of sp³-hybridized carbons (Fsp3) is 0.462. The number of allylic oxidation sites excluding steroid dienone is 1. The number of methoxy groups -OCH3 is 1. The highest BCUT2D eigenvalue weighted by Gasteiger charge is 2.41. The Kier molecular flexibility index (Phi) is 14.4. The van der Waals surface area contributed by atoms with Gasteiger partial charge in [0.05, 0.1) is 53.0 Å². The van der Waals surface area contributed by atoms with Gasteiger partial charge in [0.25, 0.3) is 11.8 Å². The minimum atomic E-state index is -1.40. The minimum Gasteiger partial charge on any atom is -0.494 e. The van der Waals surface area contributed by atoms with Gasteiger partial charge in [-0.2, -0.15) is 0 Å². The number of amidine groups is 1. The van der Waals surface area contributed by atoms with Crippen LogP contribution in [0.3, 0.4) is 0 Å². The Morgan fingerprint density at radius 2 is 1.85 bits per heavy atom. The van der Waals surface area contributed by atoms with E-state index in [4.69, 9.17) is 31.9 Å². The summed E-state index contributed by atoms with van der Waals surface area (Å²) in [6.45, 7) is 8.31. The fourth-order valence-corrected chi connectivity index (χ4v) is 6.27. The number of aliphatic imine (C=N–C) groups is 1. The molecule has 1 aromatic carbocycles. The molecular formula is C39H53B2N9O4. The summed E-state index contributed by atoms with van der Waals surface area (Å²) < 4.78 is 5.90. The summed E-state index contributed by atoms with van der Waals surface area (Å²) in [5.41, 5.74) is 17.0. The fourth-order valence-electron chi connectivity index (χ4n) is 6.27. The van der Waals surface area contributed by atoms with Crippen molar-refractivity contribution in [3.05, 3.63) is 82.3 Å². The van der Waals surface area contributed by atoms with Crippen molar-refractivity contribution in [3.8, 4) is 5.75 Å². The second-order valence-electron chi connectivity index (χ2n) is 13.5. The van der Waals surface area contributed by atoms with Crippen LogP contribution in [0.25, 0.3) is 5.57 Å². The van der Waals surface area contributed by atoms with Gasteiger partial charge in [-0.15, -0.1) is 0 Å². The van der Waals surface area contributed by atoms with Gasteiger partial charge in [-0.3, -0.25) is 24.4 Å². The predicted octanol–water partition coefficient (Wildman–Crippen LogP) is 3.19. The first kappa shape index (κ1) is 41.6. The second kappa shape index (κ2) is 18.7. The summed E-state index contributed by atoms with van der Waals surface area (Å²) in [6.07, 6.45) is 11.0. The highest BCUT2D eigenvalue weighted by Crippen LogP contribution is 2.39. The van der Waals surface area contributed by atoms with Crippen LogP contribution in [0.4, 0.5) is 5.69 Å². The zero-order chi connectivity index (χ0) is 39.6. The number of carbonyl (C=O) groups is 3. The molecule has 3 amide bonds. The lowest BCUT2D eigenvalue weighted by Gasteiger charge is -2.49. The smallest absolute Gasteiger partial charge is 0.288 e. The van der Waals surface area contributed by atoms with Crippen LogP contribution in [0.5, 0.6) is 5.75 Å². The molecule has 2 aliphatic carbocycles. The van der Waals surface area contributed by atoms with E-state index in [0.717, 1.165) is 61.6 Å². The highest BCUT2D eigenvalue weighted by molar-refractivity contribution is 6.45. The summed E-state index contributed by atoms with van der Waals surface area (Å²) >= 11 is 0. The molecule has 54 heavy (non-hydrogen) atoms. The zero-order valence-electron chi connectivity index (χ0n) is 32.3. The summed E-state index contributed by atoms with van der Waals surface area (Å²) in [5.74, 6) is -0.721. The molecular weight excluding hydrogens is 680 g/mol. The van der Waals surface area contributed by atoms with E-state index in [1.165, 1.54) is 25.1 Å². The molecule has 2 fully saturated rings. The number of anilines is 1. The van der Waals surface area contributed by atoms with Gasteiger partial charge in [0.15, 0.2) is 5.84 Å². The molecule has 2 heterocycles. The zero-order valence-corrected chi connectivity index (χ0v) is 32.3. The number of likely N-dealkylation sites (N-methyl/N-ethyl adjacent to an activating group) is 1. The molecule has 2 saturated carbocycles. The topological polar surface area (TPSA) is 189 Å². The lowest BCUT2D eigenvalue weighted by Crippen LogP contribution is -2.61. The van der Waals surface area contributed by atoms with Crippen molar-refractivity contribution < 1.29 is 19.1 Å². The number of rotatable bonds is 15. The highest BCUT2D eigenvalue weighted by atomic mass is 16.5. The van der Waals surface area contributed by atoms with Crippen LogP contribution in [-0.2, 0) is 27.3 Å². The van der Waals surface area contributed by atoms with Crippen molar-refractivity contribution in [3.63, 3.8) is 0 Å². The Morgan fingerprint density at radius 3 is 2.43 bits per heavy atom. The van der Waals surface area contributed by atoms with Crippen LogP contribution < -0.4 is 37.5 Å². The summed E-state index contributed by atoms with van der Waals surface area (Å²) in [4.78, 5) is 49.7. The number of amides is 3. The molecule has 0 bridgehead atoms. The molecule has 15 heteroatoms. The van der Waals surface area contributed by atoms with Crippen LogP contribution in [0.1, 0.15) is 81.7 Å². The van der Waals surface area contributed by atoms with E-state index in [0.29, 0.717) is 22.7 Å². The monoisotopic (exact) mass is 733 g/mol. The lowest BCUT2D eigenvalue weighted by atomic mass is 9.49. The molecule has 1 aromatic heterocycles. The van der Waals surface area contributed by atoms with Crippen LogP contribution in [0.2, 0.25) is 0 Å². The first-order chi connectivity index (χ1) is 25.9. The van der Waals surface area contributed by atoms with E-state index in [2.05, 4.69) is 38.2 Å². The number of benzene rings is 1. The lowest BCUT2D eigenvalue weighted by molar-refractivity contribution is -0.128. The third kappa shape index (κ3) is 9.86. The van der Waals surface area contributed by atoms with Gasteiger partial charge >= 0.3 is 0 Å². The number of nitrogens with zero attached hydrogens (tertiary/aromatic N) is 3. The average molecular weight is 734 g/mol. The predicted molar refractivity (Wildman–Crippen MR) is 215 cm³/mol. The van der Waals surface area contributed by atoms with Crippen LogP contribution in [0.15, 0.2) is 64.9 Å². The minimum absolute atomic E-state index is 0.0260. The van der Waals surface area contributed by atoms with E-state index in [9.17, 15) is 14.4 Å². The van der Waals surface area contributed by atoms with Crippen molar-refractivity contribution in [2.45, 2.75) is 84.5 Å². The van der Waals surface area contributed by atoms with E-state index in [-0.39, 0.29) is 53.9 Å². The van der Waals surface area contributed by atoms with Crippen LogP contribution >= 0.6 is 0 Å². The van der Waals surface area contributed by atoms with Gasteiger partial charge in [-0.05, 0) is 79.6 Å². The van der Waals surface area contributed by atoms with Crippen molar-refractivity contribution in [1.29, 1.82) is 0 Å². The van der Waals surface area contributed by atoms with Gasteiger partial charge < -0.3 is 42.4 Å². The van der Waals surface area contributed by atoms with E-state index < -0.39 is 17.2 Å². The second-order valence-corrected chi connectivity index (χ2v) is 13.5. The van der Waals surface area contributed by atoms with Crippen molar-refractivity contribution in [2.24, 2.45) is 28.3 Å². The largest absolute Gasteiger partial charge is 0.494 e. The molecule has 284 valence electrons. The van der Waals surface area contributed by atoms with Crippen LogP contribution in [0, 0.1) is 18.8 Å². The number of pyridine rings is 1. The Bertz CT molecular complexity index is 1830. The molecule has 13 nitrogen and oxygen atoms in total. The molecule has 0 saturated heterocycles. The summed E-state index contributed by atoms with van der Waals surface area (Å²) in [6, 6.07) is 7.61. The quantitative estimate of drug-likeness (QED) is 0.0908. The number of carbonyl (C=O) groups excluding carboxylic acids is 3. The standard InChI is InChI=1S/C37H47B2N9O4.C2H6/c1-5-7-22-14-15-43-26(16-22)20-48(37(38,39)25-8-6-9-25)36(51)33-44-18-24(19-45-33)30-21(2)10-13-27(32(30)52-4)46-28(31(41)35(50)42-3)17-29(40)47-34(49)23-11-12-23;1-2/h10,13-18,23,25,46H,5-9,11-12,19-20,40-41H2,1-4H3,(H,42,50)(H,44,45)(H,47,49);1-2H3/b29-17+,31-28+;. The Balaban J connectivity index is 0.00000319. The third-order valence-corrected chi connectivity index (χ3v) is 9.64. The number of ether oxygens (including phenoxy) is 1. The van der Waals surface area contributed by atoms with Crippen LogP contribution in [-0.4, -0.2) is 75.2 Å². The molecule has 4 radical (unpaired) electrons. The molecule has 1 aliphatic heterocycles. The first-order valence-corrected chi connectivity index (χ1v) is 18.7. The Labute approximate surface area is 321 Å². The third-order valence-electron chi connectivity index (χ3n) is 9.64. The number of aromatic nitrogens is 1. The van der Waals surface area contributed by atoms with E-state index >= 15 is 0 Å². The SMILES string of the molecule is CC.[B]C([B])(C1CCC1)N(Cc1cc(CCC)ccn1)C(=O)C1=NCC(c2c(C)ccc(NC(/C=C(\N)NC(=O)C3CC3)=C(/N)C(=O)NC)c2OC)=CN1. The molecule has 2 aromatic rings. The molecule has 0 unspecified atom stereocenters. The number of nitrogens with one attached hydrogen (secondary N) is 4. The summed E-state index contributed by atoms with van der Waals surface area (Å²) in [5, 5.41) is 10.0. The molecule has 0 atom stereocenters. The maximum absolute atomic E-state index is 14.1. The van der Waals surface area contributed by atoms with Gasteiger partial charge in [0.2, 0.25) is 5.91 Å². The van der Waals surface area contributed by atoms with E-state index in [1.807, 2.05) is 39.0 Å². The Morgan fingerprint density at radius 1 is 1.13 bits per heavy atom. The summed E-state index contributed by atoms with van der Waals surface area (Å²) in [7, 11) is 16.4. The average Bonchev–Trinajstić information content (AvgIpc) is 4.00. The van der Waals surface area contributed by atoms with Crippen molar-refractivity contribution >= 4 is 50.5 Å². The maximum atomic E-state index is 14.1. The molecule has 5 rings (SSSR count). The van der Waals surface area contributed by atoms with Gasteiger partial charge in [-0.25, -0.2) is 0 Å². The number of nitrogens with two attached hydrogens (primary N) is 2. The van der Waals surface area contributed by atoms with Gasteiger partial charge in [0.1, 0.15) is 17.3 Å². The number of hydrogen-bond acceptors (Lipinski definition) is 10. The normalized spacial score (nSPS) is 16.1. The Hall–Kier alpha value is -5.20. The van der Waals surface area contributed by atoms with E-state index in [1.54, 1.807) is 18.5 Å². The van der Waals surface area contributed by atoms with Crippen molar-refractivity contribution in [1.82, 2.24) is 25.8 Å². The molecule has 3 aliphatic rings. The maximum Gasteiger partial charge on any atom is 0.288 e. The first-order valence-electron chi connectivity index (χ1n) is 18.7. The number of aryl methyl sites for hydroxylation is 2.